The molecular weight excluding hydrogens is 99.0 g/mol. The molecule has 40 valence electrons. The van der Waals surface area contributed by atoms with Gasteiger partial charge >= 0.3 is 0 Å². The number of rotatable bonds is 1. The maximum atomic E-state index is 10.9. The van der Waals surface area contributed by atoms with Crippen LogP contribution in [0.3, 0.4) is 0 Å². The second kappa shape index (κ2) is 2.28. The molecule has 1 amide bonds. The van der Waals surface area contributed by atoms with Crippen molar-refractivity contribution in [3.63, 3.8) is 0 Å². The first-order chi connectivity index (χ1) is 3.18. The van der Waals surface area contributed by atoms with E-state index >= 15 is 0 Å². The molecular formula is C3H5FN2O. The number of nitrogens with zero attached hydrogens (tertiary/aromatic N) is 1. The molecule has 0 fully saturated rings. The fraction of sp³-hybridized carbons (Fsp3) is 0.333. The zero-order valence-corrected chi connectivity index (χ0v) is 3.81. The molecule has 0 aliphatic carbocycles. The van der Waals surface area contributed by atoms with Gasteiger partial charge in [0.25, 0.3) is 5.91 Å². The van der Waals surface area contributed by atoms with E-state index < -0.39 is 5.91 Å². The lowest BCUT2D eigenvalue weighted by Crippen LogP contribution is -2.19. The summed E-state index contributed by atoms with van der Waals surface area (Å²) < 4.78 is 10.9. The standard InChI is InChI=1S/C3H5FN2O/c1-2(6-4)3(5)7/h1H3,(H2,5,7)/b6-2-. The molecule has 2 N–H and O–H groups in total. The zero-order chi connectivity index (χ0) is 5.86. The summed E-state index contributed by atoms with van der Waals surface area (Å²) in [6.45, 7) is 1.20. The predicted octanol–water partition coefficient (Wildman–Crippen LogP) is -0.183. The highest BCUT2D eigenvalue weighted by molar-refractivity contribution is 6.37. The largest absolute Gasteiger partial charge is 0.364 e. The van der Waals surface area contributed by atoms with Crippen LogP contribution >= 0.6 is 0 Å². The fourth-order valence-corrected chi connectivity index (χ4v) is 0.0416. The van der Waals surface area contributed by atoms with Gasteiger partial charge in [-0.25, -0.2) is 0 Å². The summed E-state index contributed by atoms with van der Waals surface area (Å²) in [5.41, 5.74) is 4.23. The van der Waals surface area contributed by atoms with Crippen LogP contribution in [-0.2, 0) is 4.79 Å². The molecule has 7 heavy (non-hydrogen) atoms. The highest BCUT2D eigenvalue weighted by Crippen LogP contribution is 1.73. The third-order valence-electron chi connectivity index (χ3n) is 0.483. The van der Waals surface area contributed by atoms with Crippen molar-refractivity contribution in [3.8, 4) is 0 Å². The van der Waals surface area contributed by atoms with Gasteiger partial charge in [0.05, 0.1) is 0 Å². The molecule has 0 saturated heterocycles. The highest BCUT2D eigenvalue weighted by atomic mass is 19.2. The maximum Gasteiger partial charge on any atom is 0.265 e. The Bertz CT molecular complexity index is 110. The molecule has 0 aliphatic heterocycles. The summed E-state index contributed by atoms with van der Waals surface area (Å²) in [4.78, 5) is 9.78. The van der Waals surface area contributed by atoms with Crippen molar-refractivity contribution < 1.29 is 9.28 Å². The number of amides is 1. The minimum atomic E-state index is -0.831. The summed E-state index contributed by atoms with van der Waals surface area (Å²) in [5.74, 6) is -0.831. The van der Waals surface area contributed by atoms with Crippen molar-refractivity contribution in [3.05, 3.63) is 0 Å². The smallest absolute Gasteiger partial charge is 0.265 e. The van der Waals surface area contributed by atoms with Crippen LogP contribution in [0.2, 0.25) is 0 Å². The van der Waals surface area contributed by atoms with Crippen molar-refractivity contribution in [1.82, 2.24) is 0 Å². The van der Waals surface area contributed by atoms with Crippen LogP contribution in [0.1, 0.15) is 6.92 Å². The molecule has 0 unspecified atom stereocenters. The lowest BCUT2D eigenvalue weighted by Gasteiger charge is -1.81. The molecule has 0 bridgehead atoms. The molecule has 0 spiro atoms. The first-order valence-corrected chi connectivity index (χ1v) is 1.64. The number of nitrogens with two attached hydrogens (primary N) is 1. The van der Waals surface area contributed by atoms with Gasteiger partial charge in [-0.1, -0.05) is 9.70 Å². The number of halogens is 1. The van der Waals surface area contributed by atoms with E-state index in [1.807, 2.05) is 5.21 Å². The van der Waals surface area contributed by atoms with Crippen molar-refractivity contribution in [2.24, 2.45) is 10.9 Å². The average molecular weight is 104 g/mol. The monoisotopic (exact) mass is 104 g/mol. The number of hydrogen-bond donors (Lipinski definition) is 1. The van der Waals surface area contributed by atoms with Crippen molar-refractivity contribution in [2.45, 2.75) is 6.92 Å². The van der Waals surface area contributed by atoms with Crippen LogP contribution in [0.15, 0.2) is 5.21 Å². The second-order valence-corrected chi connectivity index (χ2v) is 1.03. The van der Waals surface area contributed by atoms with Gasteiger partial charge in [-0.15, -0.1) is 0 Å². The molecule has 0 aliphatic rings. The average Bonchev–Trinajstić information content (AvgIpc) is 1.65. The molecule has 0 heterocycles. The Balaban J connectivity index is 3.82. The summed E-state index contributed by atoms with van der Waals surface area (Å²) in [5, 5.41) is 2.03. The Kier molecular flexibility index (Phi) is 1.98. The third-order valence-corrected chi connectivity index (χ3v) is 0.483. The Hall–Kier alpha value is -0.930. The van der Waals surface area contributed by atoms with Gasteiger partial charge in [0, 0.05) is 0 Å². The number of carbonyl (C=O) groups excluding carboxylic acids is 1. The van der Waals surface area contributed by atoms with Gasteiger partial charge in [0.15, 0.2) is 0 Å². The first-order valence-electron chi connectivity index (χ1n) is 1.64. The normalized spacial score (nSPS) is 11.4. The molecule has 0 radical (unpaired) electrons. The van der Waals surface area contributed by atoms with Gasteiger partial charge in [-0.2, -0.15) is 0 Å². The van der Waals surface area contributed by atoms with Crippen LogP contribution in [-0.4, -0.2) is 11.6 Å². The van der Waals surface area contributed by atoms with Crippen LogP contribution in [0, 0.1) is 0 Å². The molecule has 0 saturated carbocycles. The lowest BCUT2D eigenvalue weighted by atomic mass is 10.4. The molecule has 0 rings (SSSR count). The van der Waals surface area contributed by atoms with Crippen molar-refractivity contribution in [1.29, 1.82) is 0 Å². The minimum Gasteiger partial charge on any atom is -0.364 e. The summed E-state index contributed by atoms with van der Waals surface area (Å²) in [6, 6.07) is 0. The highest BCUT2D eigenvalue weighted by Gasteiger charge is 1.95. The molecule has 0 atom stereocenters. The van der Waals surface area contributed by atoms with Gasteiger partial charge < -0.3 is 5.73 Å². The zero-order valence-electron chi connectivity index (χ0n) is 3.81. The molecule has 3 nitrogen and oxygen atoms in total. The van der Waals surface area contributed by atoms with E-state index in [2.05, 4.69) is 5.73 Å². The van der Waals surface area contributed by atoms with Crippen molar-refractivity contribution in [2.75, 3.05) is 0 Å². The fourth-order valence-electron chi connectivity index (χ4n) is 0.0416. The summed E-state index contributed by atoms with van der Waals surface area (Å²) in [7, 11) is 0. The number of carbonyl (C=O) groups is 1. The topological polar surface area (TPSA) is 55.4 Å². The van der Waals surface area contributed by atoms with Gasteiger partial charge in [-0.3, -0.25) is 4.79 Å². The third kappa shape index (κ3) is 1.86. The Morgan fingerprint density at radius 1 is 1.86 bits per heavy atom. The van der Waals surface area contributed by atoms with E-state index in [0.29, 0.717) is 0 Å². The van der Waals surface area contributed by atoms with Gasteiger partial charge in [0.1, 0.15) is 5.71 Å². The van der Waals surface area contributed by atoms with Gasteiger partial charge in [-0.05, 0) is 6.92 Å². The van der Waals surface area contributed by atoms with E-state index in [9.17, 15) is 9.28 Å². The molecule has 4 heteroatoms. The Labute approximate surface area is 40.0 Å². The quantitative estimate of drug-likeness (QED) is 0.461. The SMILES string of the molecule is C/C(=N/F)C(N)=O. The first kappa shape index (κ1) is 6.07. The van der Waals surface area contributed by atoms with E-state index in [1.54, 1.807) is 0 Å². The van der Waals surface area contributed by atoms with Crippen LogP contribution in [0.5, 0.6) is 0 Å². The van der Waals surface area contributed by atoms with Gasteiger partial charge in [0.2, 0.25) is 0 Å². The number of primary amides is 1. The van der Waals surface area contributed by atoms with Crippen molar-refractivity contribution >= 4 is 11.6 Å². The number of hydrogen-bond acceptors (Lipinski definition) is 2. The summed E-state index contributed by atoms with van der Waals surface area (Å²) >= 11 is 0. The van der Waals surface area contributed by atoms with Crippen LogP contribution < -0.4 is 5.73 Å². The van der Waals surface area contributed by atoms with E-state index in [-0.39, 0.29) is 5.71 Å². The molecule has 0 aromatic carbocycles. The van der Waals surface area contributed by atoms with Crippen LogP contribution in [0.4, 0.5) is 4.48 Å². The lowest BCUT2D eigenvalue weighted by molar-refractivity contribution is -0.112. The van der Waals surface area contributed by atoms with E-state index in [0.717, 1.165) is 0 Å². The Morgan fingerprint density at radius 3 is 2.29 bits per heavy atom. The van der Waals surface area contributed by atoms with Crippen LogP contribution in [0.25, 0.3) is 0 Å². The Morgan fingerprint density at radius 2 is 2.29 bits per heavy atom. The molecule has 0 aromatic heterocycles. The van der Waals surface area contributed by atoms with E-state index in [1.165, 1.54) is 6.92 Å². The van der Waals surface area contributed by atoms with E-state index in [4.69, 9.17) is 0 Å². The maximum absolute atomic E-state index is 10.9. The summed E-state index contributed by atoms with van der Waals surface area (Å²) in [6.07, 6.45) is 0. The minimum absolute atomic E-state index is 0.306. The molecule has 0 aromatic rings. The second-order valence-electron chi connectivity index (χ2n) is 1.03. The predicted molar refractivity (Wildman–Crippen MR) is 23.4 cm³/mol.